The van der Waals surface area contributed by atoms with Crippen molar-refractivity contribution in [1.82, 2.24) is 10.2 Å². The number of carbonyl (C=O) groups excluding carboxylic acids is 2. The smallest absolute Gasteiger partial charge is 0.337 e. The molecular formula is C14H15N3O5. The van der Waals surface area contributed by atoms with Crippen LogP contribution in [-0.2, 0) is 9.53 Å². The molecule has 0 aromatic heterocycles. The van der Waals surface area contributed by atoms with Gasteiger partial charge in [0.15, 0.2) is 0 Å². The van der Waals surface area contributed by atoms with Gasteiger partial charge < -0.3 is 15.0 Å². The van der Waals surface area contributed by atoms with Crippen molar-refractivity contribution in [3.8, 4) is 0 Å². The van der Waals surface area contributed by atoms with E-state index in [1.165, 1.54) is 36.3 Å². The molecule has 0 spiro atoms. The third-order valence-electron chi connectivity index (χ3n) is 3.60. The van der Waals surface area contributed by atoms with Crippen molar-refractivity contribution < 1.29 is 19.2 Å². The Morgan fingerprint density at radius 2 is 1.95 bits per heavy atom. The number of ether oxygens (including phenoxy) is 1. The zero-order valence-electron chi connectivity index (χ0n) is 12.3. The van der Waals surface area contributed by atoms with Crippen LogP contribution in [-0.4, -0.2) is 36.0 Å². The number of non-ortho nitro benzene ring substituents is 1. The number of rotatable bonds is 3. The van der Waals surface area contributed by atoms with Crippen LogP contribution in [0.2, 0.25) is 0 Å². The lowest BCUT2D eigenvalue weighted by Crippen LogP contribution is -2.46. The highest BCUT2D eigenvalue weighted by Crippen LogP contribution is 2.31. The fraction of sp³-hybridized carbons (Fsp3) is 0.286. The molecule has 2 amide bonds. The first-order valence-corrected chi connectivity index (χ1v) is 6.44. The topological polar surface area (TPSA) is 102 Å². The number of benzene rings is 1. The predicted octanol–water partition coefficient (Wildman–Crippen LogP) is 1.74. The molecule has 0 radical (unpaired) electrons. The van der Waals surface area contributed by atoms with Crippen LogP contribution < -0.4 is 5.32 Å². The minimum Gasteiger partial charge on any atom is -0.466 e. The van der Waals surface area contributed by atoms with Gasteiger partial charge >= 0.3 is 12.0 Å². The number of amides is 2. The Morgan fingerprint density at radius 1 is 1.36 bits per heavy atom. The monoisotopic (exact) mass is 305 g/mol. The van der Waals surface area contributed by atoms with Crippen molar-refractivity contribution in [3.05, 3.63) is 51.2 Å². The number of urea groups is 1. The van der Waals surface area contributed by atoms with E-state index in [1.807, 2.05) is 0 Å². The van der Waals surface area contributed by atoms with E-state index in [2.05, 4.69) is 5.32 Å². The standard InChI is InChI=1S/C14H15N3O5/c1-8-11(13(18)22-3)12(15-14(19)16(8)2)9-4-6-10(7-5-9)17(20)21/h4-7,12H,1-3H3,(H,15,19)/t12-/m0/s1. The van der Waals surface area contributed by atoms with Crippen LogP contribution in [0.1, 0.15) is 18.5 Å². The van der Waals surface area contributed by atoms with Crippen molar-refractivity contribution >= 4 is 17.7 Å². The summed E-state index contributed by atoms with van der Waals surface area (Å²) < 4.78 is 4.77. The number of hydrogen-bond donors (Lipinski definition) is 1. The highest BCUT2D eigenvalue weighted by atomic mass is 16.6. The van der Waals surface area contributed by atoms with Gasteiger partial charge in [-0.3, -0.25) is 10.1 Å². The molecule has 1 heterocycles. The van der Waals surface area contributed by atoms with Crippen LogP contribution in [0.3, 0.4) is 0 Å². The quantitative estimate of drug-likeness (QED) is 0.520. The fourth-order valence-corrected chi connectivity index (χ4v) is 2.25. The molecule has 22 heavy (non-hydrogen) atoms. The highest BCUT2D eigenvalue weighted by Gasteiger charge is 2.34. The van der Waals surface area contributed by atoms with E-state index >= 15 is 0 Å². The van der Waals surface area contributed by atoms with Crippen molar-refractivity contribution in [2.24, 2.45) is 0 Å². The first kappa shape index (κ1) is 15.5. The van der Waals surface area contributed by atoms with Gasteiger partial charge in [0.1, 0.15) is 0 Å². The fourth-order valence-electron chi connectivity index (χ4n) is 2.25. The molecule has 8 heteroatoms. The molecule has 2 rings (SSSR count). The molecule has 1 aliphatic rings. The maximum atomic E-state index is 12.0. The largest absolute Gasteiger partial charge is 0.466 e. The highest BCUT2D eigenvalue weighted by molar-refractivity contribution is 5.94. The van der Waals surface area contributed by atoms with Crippen molar-refractivity contribution in [3.63, 3.8) is 0 Å². The lowest BCUT2D eigenvalue weighted by molar-refractivity contribution is -0.384. The van der Waals surface area contributed by atoms with Gasteiger partial charge in [0.05, 0.1) is 23.6 Å². The number of esters is 1. The van der Waals surface area contributed by atoms with Crippen LogP contribution in [0.25, 0.3) is 0 Å². The molecule has 116 valence electrons. The second-order valence-electron chi connectivity index (χ2n) is 4.78. The molecule has 0 saturated heterocycles. The summed E-state index contributed by atoms with van der Waals surface area (Å²) in [5.41, 5.74) is 1.26. The summed E-state index contributed by atoms with van der Waals surface area (Å²) in [6.07, 6.45) is 0. The number of carbonyl (C=O) groups is 2. The molecule has 1 atom stereocenters. The summed E-state index contributed by atoms with van der Waals surface area (Å²) in [5, 5.41) is 13.4. The van der Waals surface area contributed by atoms with Gasteiger partial charge in [0.25, 0.3) is 5.69 Å². The van der Waals surface area contributed by atoms with Crippen LogP contribution in [0.15, 0.2) is 35.5 Å². The van der Waals surface area contributed by atoms with E-state index in [1.54, 1.807) is 14.0 Å². The minimum absolute atomic E-state index is 0.0664. The predicted molar refractivity (Wildman–Crippen MR) is 76.8 cm³/mol. The lowest BCUT2D eigenvalue weighted by Gasteiger charge is -2.33. The van der Waals surface area contributed by atoms with Crippen LogP contribution >= 0.6 is 0 Å². The number of hydrogen-bond acceptors (Lipinski definition) is 5. The zero-order chi connectivity index (χ0) is 16.4. The second-order valence-corrected chi connectivity index (χ2v) is 4.78. The zero-order valence-corrected chi connectivity index (χ0v) is 12.3. The van der Waals surface area contributed by atoms with Crippen LogP contribution in [0.5, 0.6) is 0 Å². The molecule has 1 aliphatic heterocycles. The van der Waals surface area contributed by atoms with Gasteiger partial charge in [-0.05, 0) is 24.6 Å². The Hall–Kier alpha value is -2.90. The summed E-state index contributed by atoms with van der Waals surface area (Å²) in [7, 11) is 2.80. The molecule has 1 N–H and O–H groups in total. The van der Waals surface area contributed by atoms with Gasteiger partial charge in [-0.1, -0.05) is 0 Å². The number of nitro groups is 1. The summed E-state index contributed by atoms with van der Waals surface area (Å²) >= 11 is 0. The number of nitro benzene ring substituents is 1. The normalized spacial score (nSPS) is 18.0. The average molecular weight is 305 g/mol. The summed E-state index contributed by atoms with van der Waals surface area (Å²) in [4.78, 5) is 35.5. The molecule has 0 fully saturated rings. The summed E-state index contributed by atoms with van der Waals surface area (Å²) in [6, 6.07) is 4.58. The molecule has 0 saturated carbocycles. The minimum atomic E-state index is -0.711. The Labute approximate surface area is 126 Å². The van der Waals surface area contributed by atoms with E-state index in [0.717, 1.165) is 0 Å². The van der Waals surface area contributed by atoms with Crippen molar-refractivity contribution in [2.75, 3.05) is 14.2 Å². The van der Waals surface area contributed by atoms with E-state index in [9.17, 15) is 19.7 Å². The number of allylic oxidation sites excluding steroid dienone is 1. The van der Waals surface area contributed by atoms with E-state index in [0.29, 0.717) is 16.8 Å². The third-order valence-corrected chi connectivity index (χ3v) is 3.60. The maximum absolute atomic E-state index is 12.0. The number of nitrogens with zero attached hydrogens (tertiary/aromatic N) is 2. The van der Waals surface area contributed by atoms with E-state index < -0.39 is 16.9 Å². The molecule has 1 aromatic carbocycles. The Balaban J connectivity index is 2.49. The summed E-state index contributed by atoms with van der Waals surface area (Å²) in [5.74, 6) is -0.562. The molecule has 0 bridgehead atoms. The Kier molecular flexibility index (Phi) is 4.11. The van der Waals surface area contributed by atoms with Gasteiger partial charge in [0.2, 0.25) is 0 Å². The number of methoxy groups -OCH3 is 1. The van der Waals surface area contributed by atoms with E-state index in [4.69, 9.17) is 4.74 Å². The lowest BCUT2D eigenvalue weighted by atomic mass is 9.95. The molecule has 1 aromatic rings. The Bertz CT molecular complexity index is 666. The van der Waals surface area contributed by atoms with E-state index in [-0.39, 0.29) is 11.7 Å². The first-order valence-electron chi connectivity index (χ1n) is 6.44. The Morgan fingerprint density at radius 3 is 2.45 bits per heavy atom. The average Bonchev–Trinajstić information content (AvgIpc) is 2.51. The van der Waals surface area contributed by atoms with Crippen molar-refractivity contribution in [2.45, 2.75) is 13.0 Å². The molecule has 0 unspecified atom stereocenters. The summed E-state index contributed by atoms with van der Waals surface area (Å²) in [6.45, 7) is 1.64. The third kappa shape index (κ3) is 2.62. The van der Waals surface area contributed by atoms with Crippen LogP contribution in [0, 0.1) is 10.1 Å². The molecular weight excluding hydrogens is 290 g/mol. The first-order chi connectivity index (χ1) is 10.4. The number of nitrogens with one attached hydrogen (secondary N) is 1. The molecule has 8 nitrogen and oxygen atoms in total. The van der Waals surface area contributed by atoms with Crippen LogP contribution in [0.4, 0.5) is 10.5 Å². The maximum Gasteiger partial charge on any atom is 0.337 e. The second kappa shape index (κ2) is 5.84. The van der Waals surface area contributed by atoms with Gasteiger partial charge in [-0.15, -0.1) is 0 Å². The van der Waals surface area contributed by atoms with Gasteiger partial charge in [-0.2, -0.15) is 0 Å². The van der Waals surface area contributed by atoms with Crippen molar-refractivity contribution in [1.29, 1.82) is 0 Å². The van der Waals surface area contributed by atoms with Gasteiger partial charge in [-0.25, -0.2) is 9.59 Å². The molecule has 0 aliphatic carbocycles. The van der Waals surface area contributed by atoms with Gasteiger partial charge in [0, 0.05) is 24.9 Å². The SMILES string of the molecule is COC(=O)C1=C(C)N(C)C(=O)N[C@H]1c1ccc([N+](=O)[O-])cc1.